The van der Waals surface area contributed by atoms with Crippen LogP contribution in [0.4, 0.5) is 0 Å². The zero-order chi connectivity index (χ0) is 15.3. The molecule has 2 fully saturated rings. The number of nitrogens with zero attached hydrogens (tertiary/aromatic N) is 2. The molecule has 1 amide bonds. The maximum absolute atomic E-state index is 12.6. The van der Waals surface area contributed by atoms with Crippen molar-refractivity contribution in [3.8, 4) is 11.3 Å². The molecule has 2 aromatic rings. The molecule has 4 rings (SSSR count). The van der Waals surface area contributed by atoms with Gasteiger partial charge < -0.3 is 4.90 Å². The first-order valence-corrected chi connectivity index (χ1v) is 8.89. The van der Waals surface area contributed by atoms with E-state index in [9.17, 15) is 13.2 Å². The normalized spacial score (nSPS) is 25.5. The Morgan fingerprint density at radius 1 is 1.27 bits per heavy atom. The van der Waals surface area contributed by atoms with E-state index in [2.05, 4.69) is 10.2 Å². The highest BCUT2D eigenvalue weighted by molar-refractivity contribution is 7.92. The summed E-state index contributed by atoms with van der Waals surface area (Å²) in [6.45, 7) is 0.297. The number of likely N-dealkylation sites (tertiary alicyclic amines) is 1. The second kappa shape index (κ2) is 4.67. The highest BCUT2D eigenvalue weighted by Crippen LogP contribution is 2.33. The fourth-order valence-electron chi connectivity index (χ4n) is 3.29. The summed E-state index contributed by atoms with van der Waals surface area (Å²) in [6, 6.07) is 11.1. The number of aromatic amines is 1. The number of nitrogens with one attached hydrogen (secondary N) is 1. The monoisotopic (exact) mass is 317 g/mol. The summed E-state index contributed by atoms with van der Waals surface area (Å²) in [6.07, 6.45) is 0.563. The Hall–Kier alpha value is -2.15. The Kier molecular flexibility index (Phi) is 2.87. The topological polar surface area (TPSA) is 83.1 Å². The van der Waals surface area contributed by atoms with E-state index < -0.39 is 15.1 Å². The number of fused-ring (bicyclic) bond motifs is 2. The predicted molar refractivity (Wildman–Crippen MR) is 81.0 cm³/mol. The van der Waals surface area contributed by atoms with Gasteiger partial charge in [0.1, 0.15) is 5.69 Å². The maximum Gasteiger partial charge on any atom is 0.272 e. The Balaban J connectivity index is 1.57. The third kappa shape index (κ3) is 2.04. The second-order valence-corrected chi connectivity index (χ2v) is 8.16. The number of hydrogen-bond acceptors (Lipinski definition) is 4. The van der Waals surface area contributed by atoms with Gasteiger partial charge in [-0.3, -0.25) is 9.89 Å². The zero-order valence-corrected chi connectivity index (χ0v) is 12.6. The number of hydrogen-bond donors (Lipinski definition) is 1. The van der Waals surface area contributed by atoms with Gasteiger partial charge in [-0.15, -0.1) is 0 Å². The van der Waals surface area contributed by atoms with Crippen LogP contribution < -0.4 is 0 Å². The van der Waals surface area contributed by atoms with Crippen molar-refractivity contribution < 1.29 is 13.2 Å². The molecule has 6 nitrogen and oxygen atoms in total. The molecule has 114 valence electrons. The number of aromatic nitrogens is 2. The molecule has 1 N–H and O–H groups in total. The van der Waals surface area contributed by atoms with E-state index >= 15 is 0 Å². The van der Waals surface area contributed by atoms with Crippen molar-refractivity contribution in [2.75, 3.05) is 12.3 Å². The van der Waals surface area contributed by atoms with E-state index in [4.69, 9.17) is 0 Å². The molecule has 2 saturated heterocycles. The van der Waals surface area contributed by atoms with E-state index in [1.807, 2.05) is 30.3 Å². The first-order valence-electron chi connectivity index (χ1n) is 7.18. The molecule has 1 aromatic carbocycles. The first kappa shape index (κ1) is 13.5. The van der Waals surface area contributed by atoms with Gasteiger partial charge in [-0.25, -0.2) is 8.42 Å². The lowest BCUT2D eigenvalue weighted by atomic mass is 10.1. The summed E-state index contributed by atoms with van der Waals surface area (Å²) in [5.74, 6) is -0.0830. The summed E-state index contributed by atoms with van der Waals surface area (Å²) < 4.78 is 23.5. The number of benzene rings is 1. The largest absolute Gasteiger partial charge is 0.332 e. The second-order valence-electron chi connectivity index (χ2n) is 5.83. The summed E-state index contributed by atoms with van der Waals surface area (Å²) in [5.41, 5.74) is 2.05. The van der Waals surface area contributed by atoms with Crippen molar-refractivity contribution in [3.63, 3.8) is 0 Å². The van der Waals surface area contributed by atoms with Gasteiger partial charge in [0.15, 0.2) is 9.84 Å². The van der Waals surface area contributed by atoms with Crippen LogP contribution in [0.2, 0.25) is 0 Å². The fourth-order valence-corrected chi connectivity index (χ4v) is 5.32. The molecular weight excluding hydrogens is 302 g/mol. The standard InChI is InChI=1S/C15H15N3O3S/c19-15(18-8-12-6-11(18)9-22(12,20)21)14-7-13(16-17-14)10-4-2-1-3-5-10/h1-5,7,11-12H,6,8-9H2,(H,16,17). The van der Waals surface area contributed by atoms with Crippen LogP contribution in [0.25, 0.3) is 11.3 Å². The molecule has 0 aliphatic carbocycles. The Bertz CT molecular complexity index is 829. The number of sulfone groups is 1. The number of H-pyrrole nitrogens is 1. The van der Waals surface area contributed by atoms with Crippen molar-refractivity contribution in [3.05, 3.63) is 42.1 Å². The molecule has 2 bridgehead atoms. The minimum absolute atomic E-state index is 0.0864. The lowest BCUT2D eigenvalue weighted by Gasteiger charge is -2.26. The highest BCUT2D eigenvalue weighted by atomic mass is 32.2. The molecule has 22 heavy (non-hydrogen) atoms. The Morgan fingerprint density at radius 2 is 2.05 bits per heavy atom. The first-order chi connectivity index (χ1) is 10.5. The van der Waals surface area contributed by atoms with Crippen LogP contribution in [0.5, 0.6) is 0 Å². The maximum atomic E-state index is 12.6. The average molecular weight is 317 g/mol. The van der Waals surface area contributed by atoms with Crippen molar-refractivity contribution in [2.24, 2.45) is 0 Å². The van der Waals surface area contributed by atoms with Crippen LogP contribution in [-0.2, 0) is 9.84 Å². The molecule has 7 heteroatoms. The van der Waals surface area contributed by atoms with Gasteiger partial charge in [0, 0.05) is 18.2 Å². The van der Waals surface area contributed by atoms with E-state index in [0.717, 1.165) is 5.56 Å². The molecule has 3 heterocycles. The molecule has 2 aliphatic rings. The van der Waals surface area contributed by atoms with E-state index in [1.54, 1.807) is 11.0 Å². The quantitative estimate of drug-likeness (QED) is 0.898. The van der Waals surface area contributed by atoms with E-state index in [-0.39, 0.29) is 17.7 Å². The SMILES string of the molecule is O=C(c1cc(-c2ccccc2)n[nH]1)N1CC2CC1CS2(=O)=O. The van der Waals surface area contributed by atoms with Gasteiger partial charge in [-0.2, -0.15) is 5.10 Å². The van der Waals surface area contributed by atoms with Crippen LogP contribution in [0.1, 0.15) is 16.9 Å². The van der Waals surface area contributed by atoms with Gasteiger partial charge in [0.2, 0.25) is 0 Å². The van der Waals surface area contributed by atoms with Crippen LogP contribution in [0, 0.1) is 0 Å². The van der Waals surface area contributed by atoms with Crippen LogP contribution in [0.3, 0.4) is 0 Å². The van der Waals surface area contributed by atoms with Crippen molar-refractivity contribution in [1.29, 1.82) is 0 Å². The molecule has 0 spiro atoms. The molecule has 0 saturated carbocycles. The fraction of sp³-hybridized carbons (Fsp3) is 0.333. The smallest absolute Gasteiger partial charge is 0.272 e. The van der Waals surface area contributed by atoms with E-state index in [1.165, 1.54) is 0 Å². The van der Waals surface area contributed by atoms with Gasteiger partial charge in [0.05, 0.1) is 16.7 Å². The van der Waals surface area contributed by atoms with Crippen LogP contribution in [0.15, 0.2) is 36.4 Å². The van der Waals surface area contributed by atoms with Crippen molar-refractivity contribution in [2.45, 2.75) is 17.7 Å². The van der Waals surface area contributed by atoms with Gasteiger partial charge in [-0.1, -0.05) is 30.3 Å². The van der Waals surface area contributed by atoms with Gasteiger partial charge >= 0.3 is 0 Å². The van der Waals surface area contributed by atoms with Gasteiger partial charge in [-0.05, 0) is 12.5 Å². The molecule has 2 aliphatic heterocycles. The average Bonchev–Trinajstić information content (AvgIpc) is 3.20. The third-order valence-electron chi connectivity index (χ3n) is 4.45. The lowest BCUT2D eigenvalue weighted by molar-refractivity contribution is 0.0740. The zero-order valence-electron chi connectivity index (χ0n) is 11.8. The molecule has 0 radical (unpaired) electrons. The molecule has 1 aromatic heterocycles. The molecule has 2 unspecified atom stereocenters. The van der Waals surface area contributed by atoms with E-state index in [0.29, 0.717) is 24.4 Å². The van der Waals surface area contributed by atoms with Crippen molar-refractivity contribution >= 4 is 15.7 Å². The number of carbonyl (C=O) groups excluding carboxylic acids is 1. The number of carbonyl (C=O) groups is 1. The highest BCUT2D eigenvalue weighted by Gasteiger charge is 2.50. The summed E-state index contributed by atoms with van der Waals surface area (Å²) >= 11 is 0. The van der Waals surface area contributed by atoms with Crippen LogP contribution >= 0.6 is 0 Å². The third-order valence-corrected chi connectivity index (χ3v) is 6.65. The van der Waals surface area contributed by atoms with Crippen LogP contribution in [-0.4, -0.2) is 53.0 Å². The minimum Gasteiger partial charge on any atom is -0.332 e. The minimum atomic E-state index is -2.99. The summed E-state index contributed by atoms with van der Waals surface area (Å²) in [4.78, 5) is 14.2. The predicted octanol–water partition coefficient (Wildman–Crippen LogP) is 1.09. The Labute approximate surface area is 128 Å². The molecule has 2 atom stereocenters. The summed E-state index contributed by atoms with van der Waals surface area (Å²) in [7, 11) is -2.99. The lowest BCUT2D eigenvalue weighted by Crippen LogP contribution is -2.44. The van der Waals surface area contributed by atoms with Crippen molar-refractivity contribution in [1.82, 2.24) is 15.1 Å². The van der Waals surface area contributed by atoms with Gasteiger partial charge in [0.25, 0.3) is 5.91 Å². The summed E-state index contributed by atoms with van der Waals surface area (Å²) in [5, 5.41) is 6.56. The molecular formula is C15H15N3O3S. The number of rotatable bonds is 2. The number of amides is 1. The Morgan fingerprint density at radius 3 is 2.68 bits per heavy atom.